The minimum Gasteiger partial charge on any atom is -0.326 e. The van der Waals surface area contributed by atoms with Gasteiger partial charge in [0.15, 0.2) is 9.84 Å². The van der Waals surface area contributed by atoms with Crippen LogP contribution in [0.1, 0.15) is 5.56 Å². The molecule has 21 heavy (non-hydrogen) atoms. The maximum atomic E-state index is 12.6. The van der Waals surface area contributed by atoms with Crippen molar-refractivity contribution in [1.82, 2.24) is 4.31 Å². The second-order valence-corrected chi connectivity index (χ2v) is 9.59. The van der Waals surface area contributed by atoms with Crippen molar-refractivity contribution in [1.29, 1.82) is 0 Å². The number of nitrogens with zero attached hydrogens (tertiary/aromatic N) is 1. The maximum absolute atomic E-state index is 12.6. The third-order valence-electron chi connectivity index (χ3n) is 3.28. The first-order valence-electron chi connectivity index (χ1n) is 6.06. The van der Waals surface area contributed by atoms with Crippen LogP contribution in [0.15, 0.2) is 17.0 Å². The molecule has 0 atom stereocenters. The fourth-order valence-corrected chi connectivity index (χ4v) is 5.82. The lowest BCUT2D eigenvalue weighted by molar-refractivity contribution is 0.431. The van der Waals surface area contributed by atoms with Crippen molar-refractivity contribution >= 4 is 43.1 Å². The summed E-state index contributed by atoms with van der Waals surface area (Å²) >= 11 is 12.0. The number of sulfonamides is 1. The fraction of sp³-hybridized carbons (Fsp3) is 0.455. The Morgan fingerprint density at radius 2 is 1.76 bits per heavy atom. The molecular formula is C11H14Cl2N2O4S2. The van der Waals surface area contributed by atoms with Crippen LogP contribution >= 0.6 is 23.2 Å². The van der Waals surface area contributed by atoms with Crippen molar-refractivity contribution in [3.63, 3.8) is 0 Å². The van der Waals surface area contributed by atoms with Crippen molar-refractivity contribution in [2.24, 2.45) is 5.73 Å². The van der Waals surface area contributed by atoms with Gasteiger partial charge in [-0.1, -0.05) is 23.2 Å². The Bertz CT molecular complexity index is 749. The molecule has 1 aliphatic rings. The van der Waals surface area contributed by atoms with Crippen LogP contribution in [-0.4, -0.2) is 45.7 Å². The van der Waals surface area contributed by atoms with E-state index in [-0.39, 0.29) is 41.1 Å². The molecule has 6 nitrogen and oxygen atoms in total. The van der Waals surface area contributed by atoms with E-state index >= 15 is 0 Å². The van der Waals surface area contributed by atoms with Gasteiger partial charge in [-0.2, -0.15) is 4.31 Å². The second kappa shape index (κ2) is 6.02. The summed E-state index contributed by atoms with van der Waals surface area (Å²) in [4.78, 5) is -0.103. The van der Waals surface area contributed by atoms with Crippen molar-refractivity contribution in [2.45, 2.75) is 11.4 Å². The molecule has 0 saturated carbocycles. The lowest BCUT2D eigenvalue weighted by atomic mass is 10.2. The van der Waals surface area contributed by atoms with Crippen LogP contribution in [0.2, 0.25) is 10.0 Å². The quantitative estimate of drug-likeness (QED) is 0.848. The topological polar surface area (TPSA) is 97.5 Å². The van der Waals surface area contributed by atoms with E-state index in [9.17, 15) is 16.8 Å². The van der Waals surface area contributed by atoms with Crippen molar-refractivity contribution < 1.29 is 16.8 Å². The highest BCUT2D eigenvalue weighted by molar-refractivity contribution is 7.92. The molecule has 1 aromatic carbocycles. The minimum atomic E-state index is -3.87. The molecule has 0 aromatic heterocycles. The van der Waals surface area contributed by atoms with E-state index in [0.29, 0.717) is 10.6 Å². The summed E-state index contributed by atoms with van der Waals surface area (Å²) in [7, 11) is -7.04. The van der Waals surface area contributed by atoms with Gasteiger partial charge in [-0.3, -0.25) is 0 Å². The Labute approximate surface area is 133 Å². The minimum absolute atomic E-state index is 0.00933. The summed E-state index contributed by atoms with van der Waals surface area (Å²) in [6.45, 7) is -0.154. The average molecular weight is 373 g/mol. The van der Waals surface area contributed by atoms with Gasteiger partial charge in [-0.05, 0) is 12.1 Å². The highest BCUT2D eigenvalue weighted by Crippen LogP contribution is 2.32. The van der Waals surface area contributed by atoms with E-state index in [2.05, 4.69) is 0 Å². The van der Waals surface area contributed by atoms with Crippen molar-refractivity contribution in [3.8, 4) is 0 Å². The van der Waals surface area contributed by atoms with E-state index in [1.807, 2.05) is 0 Å². The summed E-state index contributed by atoms with van der Waals surface area (Å²) < 4.78 is 49.0. The molecule has 0 radical (unpaired) electrons. The normalized spacial score (nSPS) is 19.6. The Morgan fingerprint density at radius 3 is 2.29 bits per heavy atom. The Hall–Kier alpha value is -0.380. The first-order chi connectivity index (χ1) is 9.69. The molecule has 1 fully saturated rings. The van der Waals surface area contributed by atoms with Crippen LogP contribution in [0.3, 0.4) is 0 Å². The molecule has 1 saturated heterocycles. The highest BCUT2D eigenvalue weighted by Gasteiger charge is 2.33. The smallest absolute Gasteiger partial charge is 0.244 e. The first kappa shape index (κ1) is 17.0. The molecule has 0 amide bonds. The molecule has 10 heteroatoms. The fourth-order valence-electron chi connectivity index (χ4n) is 2.04. The van der Waals surface area contributed by atoms with Gasteiger partial charge in [0, 0.05) is 30.2 Å². The number of halogens is 2. The first-order valence-corrected chi connectivity index (χ1v) is 10.1. The zero-order chi connectivity index (χ0) is 15.8. The zero-order valence-electron chi connectivity index (χ0n) is 10.9. The molecule has 0 spiro atoms. The number of benzene rings is 1. The van der Waals surface area contributed by atoms with Crippen LogP contribution in [-0.2, 0) is 26.4 Å². The second-order valence-electron chi connectivity index (χ2n) is 4.60. The van der Waals surface area contributed by atoms with Gasteiger partial charge in [0.1, 0.15) is 4.90 Å². The largest absolute Gasteiger partial charge is 0.326 e. The van der Waals surface area contributed by atoms with Gasteiger partial charge in [-0.25, -0.2) is 16.8 Å². The van der Waals surface area contributed by atoms with Gasteiger partial charge in [0.25, 0.3) is 0 Å². The van der Waals surface area contributed by atoms with E-state index in [4.69, 9.17) is 28.9 Å². The van der Waals surface area contributed by atoms with Gasteiger partial charge in [0.05, 0.1) is 16.5 Å². The third-order valence-corrected chi connectivity index (χ3v) is 7.72. The number of sulfone groups is 1. The summed E-state index contributed by atoms with van der Waals surface area (Å²) in [5.41, 5.74) is 5.87. The lowest BCUT2D eigenvalue weighted by Gasteiger charge is -2.26. The molecule has 0 aliphatic carbocycles. The molecule has 1 aromatic rings. The van der Waals surface area contributed by atoms with Crippen LogP contribution in [0.4, 0.5) is 0 Å². The van der Waals surface area contributed by atoms with Gasteiger partial charge < -0.3 is 5.73 Å². The van der Waals surface area contributed by atoms with Crippen LogP contribution in [0.5, 0.6) is 0 Å². The Balaban J connectivity index is 2.42. The summed E-state index contributed by atoms with van der Waals surface area (Å²) in [5.74, 6) is -0.387. The zero-order valence-corrected chi connectivity index (χ0v) is 14.1. The van der Waals surface area contributed by atoms with Crippen molar-refractivity contribution in [3.05, 3.63) is 27.7 Å². The van der Waals surface area contributed by atoms with E-state index in [1.54, 1.807) is 0 Å². The third kappa shape index (κ3) is 3.35. The van der Waals surface area contributed by atoms with Gasteiger partial charge in [-0.15, -0.1) is 0 Å². The van der Waals surface area contributed by atoms with E-state index in [0.717, 1.165) is 4.31 Å². The lowest BCUT2D eigenvalue weighted by Crippen LogP contribution is -2.43. The van der Waals surface area contributed by atoms with Crippen molar-refractivity contribution in [2.75, 3.05) is 24.6 Å². The molecular weight excluding hydrogens is 359 g/mol. The molecule has 1 aliphatic heterocycles. The number of nitrogens with two attached hydrogens (primary N) is 1. The molecule has 1 heterocycles. The van der Waals surface area contributed by atoms with E-state index in [1.165, 1.54) is 12.1 Å². The molecule has 118 valence electrons. The summed E-state index contributed by atoms with van der Waals surface area (Å²) in [6, 6.07) is 2.73. The predicted molar refractivity (Wildman–Crippen MR) is 81.8 cm³/mol. The number of rotatable bonds is 3. The van der Waals surface area contributed by atoms with Crippen LogP contribution in [0.25, 0.3) is 0 Å². The molecule has 2 rings (SSSR count). The number of hydrogen-bond acceptors (Lipinski definition) is 5. The standard InChI is InChI=1S/C11H14Cl2N2O4S2/c12-9-1-2-10(11(13)8(9)7-14)21(18,19)15-3-5-20(16,17)6-4-15/h1-2H,3-7,14H2. The Kier molecular flexibility index (Phi) is 4.87. The SMILES string of the molecule is NCc1c(Cl)ccc(S(=O)(=O)N2CCS(=O)(=O)CC2)c1Cl. The maximum Gasteiger partial charge on any atom is 0.244 e. The van der Waals surface area contributed by atoms with Gasteiger partial charge in [0.2, 0.25) is 10.0 Å². The molecule has 0 bridgehead atoms. The average Bonchev–Trinajstić information content (AvgIpc) is 2.38. The van der Waals surface area contributed by atoms with Gasteiger partial charge >= 0.3 is 0 Å². The highest BCUT2D eigenvalue weighted by atomic mass is 35.5. The summed E-state index contributed by atoms with van der Waals surface area (Å²) in [5, 5.41) is 0.279. The predicted octanol–water partition coefficient (Wildman–Crippen LogP) is 0.871. The monoisotopic (exact) mass is 372 g/mol. The molecule has 2 N–H and O–H groups in total. The van der Waals surface area contributed by atoms with Crippen LogP contribution in [0, 0.1) is 0 Å². The Morgan fingerprint density at radius 1 is 1.19 bits per heavy atom. The summed E-state index contributed by atoms with van der Waals surface area (Å²) in [6.07, 6.45) is 0. The molecule has 0 unspecified atom stereocenters. The number of hydrogen-bond donors (Lipinski definition) is 1. The van der Waals surface area contributed by atoms with Crippen LogP contribution < -0.4 is 5.73 Å². The van der Waals surface area contributed by atoms with E-state index < -0.39 is 19.9 Å².